The zero-order valence-electron chi connectivity index (χ0n) is 8.46. The van der Waals surface area contributed by atoms with E-state index in [2.05, 4.69) is 31.5 Å². The summed E-state index contributed by atoms with van der Waals surface area (Å²) in [7, 11) is 0. The first-order valence-electron chi connectivity index (χ1n) is 4.34. The van der Waals surface area contributed by atoms with Gasteiger partial charge in [-0.25, -0.2) is 0 Å². The molecular weight excluding hydrogens is 160 g/mol. The van der Waals surface area contributed by atoms with E-state index in [-0.39, 0.29) is 0 Å². The number of nitrogens with two attached hydrogens (primary N) is 1. The lowest BCUT2D eigenvalue weighted by Gasteiger charge is -1.93. The van der Waals surface area contributed by atoms with Gasteiger partial charge in [0.05, 0.1) is 6.67 Å². The molecule has 0 aliphatic heterocycles. The van der Waals surface area contributed by atoms with E-state index in [1.54, 1.807) is 6.21 Å². The summed E-state index contributed by atoms with van der Waals surface area (Å²) in [5.41, 5.74) is 7.56. The van der Waals surface area contributed by atoms with E-state index in [0.717, 1.165) is 12.0 Å². The minimum atomic E-state index is 0.338. The summed E-state index contributed by atoms with van der Waals surface area (Å²) < 4.78 is 0. The van der Waals surface area contributed by atoms with Gasteiger partial charge in [0.2, 0.25) is 0 Å². The number of hydrogen-bond donors (Lipinski definition) is 1. The van der Waals surface area contributed by atoms with Crippen molar-refractivity contribution in [2.24, 2.45) is 10.7 Å². The van der Waals surface area contributed by atoms with Crippen molar-refractivity contribution in [3.05, 3.63) is 36.0 Å². The molecule has 2 nitrogen and oxygen atoms in total. The van der Waals surface area contributed by atoms with Crippen molar-refractivity contribution in [1.29, 1.82) is 0 Å². The quantitative estimate of drug-likeness (QED) is 0.392. The molecule has 0 fully saturated rings. The average molecular weight is 178 g/mol. The second-order valence-electron chi connectivity index (χ2n) is 3.02. The Morgan fingerprint density at radius 1 is 1.46 bits per heavy atom. The molecule has 0 spiro atoms. The highest BCUT2D eigenvalue weighted by Crippen LogP contribution is 2.03. The second kappa shape index (κ2) is 7.50. The largest absolute Gasteiger partial charge is 0.312 e. The minimum absolute atomic E-state index is 0.338. The van der Waals surface area contributed by atoms with Crippen LogP contribution in [0.1, 0.15) is 20.3 Å². The van der Waals surface area contributed by atoms with Crippen LogP contribution in [0.2, 0.25) is 0 Å². The zero-order chi connectivity index (χ0) is 10.1. The predicted molar refractivity (Wildman–Crippen MR) is 59.9 cm³/mol. The van der Waals surface area contributed by atoms with Gasteiger partial charge in [0.25, 0.3) is 0 Å². The van der Waals surface area contributed by atoms with Gasteiger partial charge in [-0.15, -0.1) is 0 Å². The first-order valence-corrected chi connectivity index (χ1v) is 4.34. The Labute approximate surface area is 80.6 Å². The molecule has 0 aromatic rings. The summed E-state index contributed by atoms with van der Waals surface area (Å²) in [6.07, 6.45) is 8.53. The number of allylic oxidation sites excluding steroid dienone is 5. The molecule has 0 aromatic heterocycles. The summed E-state index contributed by atoms with van der Waals surface area (Å²) in [4.78, 5) is 3.85. The molecule has 2 heteroatoms. The van der Waals surface area contributed by atoms with E-state index in [4.69, 9.17) is 5.73 Å². The lowest BCUT2D eigenvalue weighted by Crippen LogP contribution is -1.92. The van der Waals surface area contributed by atoms with E-state index in [9.17, 15) is 0 Å². The molecule has 0 amide bonds. The van der Waals surface area contributed by atoms with Gasteiger partial charge < -0.3 is 5.73 Å². The molecule has 0 aromatic carbocycles. The summed E-state index contributed by atoms with van der Waals surface area (Å²) in [6, 6.07) is 0. The third-order valence-corrected chi connectivity index (χ3v) is 1.40. The maximum Gasteiger partial charge on any atom is 0.0859 e. The van der Waals surface area contributed by atoms with Crippen LogP contribution in [0.4, 0.5) is 0 Å². The van der Waals surface area contributed by atoms with E-state index >= 15 is 0 Å². The molecule has 0 radical (unpaired) electrons. The highest BCUT2D eigenvalue weighted by Gasteiger charge is 1.83. The fraction of sp³-hybridized carbons (Fsp3) is 0.364. The molecule has 0 saturated heterocycles. The first-order chi connectivity index (χ1) is 6.16. The predicted octanol–water partition coefficient (Wildman–Crippen LogP) is 2.44. The SMILES string of the molecule is C=C(/C=C\C=N/CN)CC=C(C)C. The Balaban J connectivity index is 3.81. The van der Waals surface area contributed by atoms with Gasteiger partial charge in [0, 0.05) is 6.21 Å². The van der Waals surface area contributed by atoms with Crippen molar-refractivity contribution in [3.63, 3.8) is 0 Å². The molecule has 0 heterocycles. The molecule has 0 aliphatic rings. The van der Waals surface area contributed by atoms with Crippen LogP contribution in [0.25, 0.3) is 0 Å². The highest BCUT2D eigenvalue weighted by atomic mass is 14.8. The molecule has 0 unspecified atom stereocenters. The van der Waals surface area contributed by atoms with Crippen molar-refractivity contribution in [3.8, 4) is 0 Å². The van der Waals surface area contributed by atoms with Crippen LogP contribution in [0.5, 0.6) is 0 Å². The van der Waals surface area contributed by atoms with Crippen molar-refractivity contribution in [2.75, 3.05) is 6.67 Å². The van der Waals surface area contributed by atoms with Crippen LogP contribution in [-0.4, -0.2) is 12.9 Å². The molecular formula is C11H18N2. The third kappa shape index (κ3) is 8.76. The van der Waals surface area contributed by atoms with Gasteiger partial charge in [-0.3, -0.25) is 4.99 Å². The Morgan fingerprint density at radius 2 is 2.15 bits per heavy atom. The fourth-order valence-corrected chi connectivity index (χ4v) is 0.704. The van der Waals surface area contributed by atoms with Crippen LogP contribution in [0.3, 0.4) is 0 Å². The molecule has 0 atom stereocenters. The Kier molecular flexibility index (Phi) is 6.83. The van der Waals surface area contributed by atoms with E-state index < -0.39 is 0 Å². The van der Waals surface area contributed by atoms with Crippen molar-refractivity contribution in [2.45, 2.75) is 20.3 Å². The van der Waals surface area contributed by atoms with Gasteiger partial charge in [-0.05, 0) is 26.3 Å². The maximum absolute atomic E-state index is 5.18. The molecule has 0 rings (SSSR count). The van der Waals surface area contributed by atoms with Crippen LogP contribution >= 0.6 is 0 Å². The van der Waals surface area contributed by atoms with Crippen LogP contribution in [0, 0.1) is 0 Å². The summed E-state index contributed by atoms with van der Waals surface area (Å²) in [6.45, 7) is 8.39. The maximum atomic E-state index is 5.18. The van der Waals surface area contributed by atoms with Gasteiger partial charge in [-0.2, -0.15) is 0 Å². The van der Waals surface area contributed by atoms with Crippen molar-refractivity contribution >= 4 is 6.21 Å². The van der Waals surface area contributed by atoms with Gasteiger partial charge >= 0.3 is 0 Å². The number of nitrogens with zero attached hydrogens (tertiary/aromatic N) is 1. The molecule has 0 saturated carbocycles. The topological polar surface area (TPSA) is 38.4 Å². The molecule has 13 heavy (non-hydrogen) atoms. The summed E-state index contributed by atoms with van der Waals surface area (Å²) in [5, 5.41) is 0. The Morgan fingerprint density at radius 3 is 2.69 bits per heavy atom. The molecule has 0 bridgehead atoms. The highest BCUT2D eigenvalue weighted by molar-refractivity contribution is 5.71. The van der Waals surface area contributed by atoms with Gasteiger partial charge in [-0.1, -0.05) is 29.9 Å². The number of aliphatic imine (C=N–C) groups is 1. The molecule has 72 valence electrons. The van der Waals surface area contributed by atoms with Crippen LogP contribution < -0.4 is 5.73 Å². The van der Waals surface area contributed by atoms with Gasteiger partial charge in [0.15, 0.2) is 0 Å². The smallest absolute Gasteiger partial charge is 0.0859 e. The fourth-order valence-electron chi connectivity index (χ4n) is 0.704. The average Bonchev–Trinajstić information content (AvgIpc) is 2.09. The minimum Gasteiger partial charge on any atom is -0.312 e. The molecule has 0 aliphatic carbocycles. The van der Waals surface area contributed by atoms with Crippen molar-refractivity contribution < 1.29 is 0 Å². The van der Waals surface area contributed by atoms with Crippen LogP contribution in [0.15, 0.2) is 40.9 Å². The first kappa shape index (κ1) is 11.8. The molecule has 2 N–H and O–H groups in total. The Bertz CT molecular complexity index is 230. The van der Waals surface area contributed by atoms with E-state index in [1.165, 1.54) is 5.57 Å². The second-order valence-corrected chi connectivity index (χ2v) is 3.02. The lowest BCUT2D eigenvalue weighted by molar-refractivity contribution is 1.08. The van der Waals surface area contributed by atoms with E-state index in [1.807, 2.05) is 12.2 Å². The monoisotopic (exact) mass is 178 g/mol. The standard InChI is InChI=1S/C11H18N2/c1-10(2)6-7-11(3)5-4-8-13-9-12/h4-6,8H,3,7,9,12H2,1-2H3/b5-4-,13-8-. The van der Waals surface area contributed by atoms with Crippen LogP contribution in [-0.2, 0) is 0 Å². The Hall–Kier alpha value is -1.15. The third-order valence-electron chi connectivity index (χ3n) is 1.40. The normalized spacial score (nSPS) is 11.0. The zero-order valence-corrected chi connectivity index (χ0v) is 8.46. The summed E-state index contributed by atoms with van der Waals surface area (Å²) >= 11 is 0. The summed E-state index contributed by atoms with van der Waals surface area (Å²) in [5.74, 6) is 0. The lowest BCUT2D eigenvalue weighted by atomic mass is 10.1. The van der Waals surface area contributed by atoms with Crippen molar-refractivity contribution in [1.82, 2.24) is 0 Å². The number of rotatable bonds is 5. The number of hydrogen-bond acceptors (Lipinski definition) is 2. The van der Waals surface area contributed by atoms with Gasteiger partial charge in [0.1, 0.15) is 0 Å². The van der Waals surface area contributed by atoms with E-state index in [0.29, 0.717) is 6.67 Å².